The van der Waals surface area contributed by atoms with E-state index >= 15 is 0 Å². The first kappa shape index (κ1) is 29.5. The number of hydrogen-bond donors (Lipinski definition) is 3. The lowest BCUT2D eigenvalue weighted by molar-refractivity contribution is -0.144. The fraction of sp³-hybridized carbons (Fsp3) is 0.516. The number of fused-ring (bicyclic) bond motifs is 1. The highest BCUT2D eigenvalue weighted by atomic mass is 79.9. The number of carbonyl (C=O) groups is 3. The standard InChI is InChI=1S/C31H39BrN4O5/c1-4-21(18-37)36-27(29(39)34-20-12-14-22(15-13-20)35(5-2)6-3)31-16-23(32)26(41-31)24(25(31)30(36)40)28(38)33-17-19-10-8-7-9-11-19/h7-15,21,23-27,37H,4-6,16-18H2,1-3H3,(H,33,38)(H,34,39)/t21-,23?,24-,25-,26-,27?,31?/m0/s1. The summed E-state index contributed by atoms with van der Waals surface area (Å²) in [7, 11) is 0. The van der Waals surface area contributed by atoms with Crippen molar-refractivity contribution in [2.24, 2.45) is 11.8 Å². The molecule has 0 saturated carbocycles. The molecule has 3 saturated heterocycles. The molecule has 2 aromatic carbocycles. The second-order valence-corrected chi connectivity index (χ2v) is 12.2. The minimum Gasteiger partial charge on any atom is -0.394 e. The van der Waals surface area contributed by atoms with Crippen LogP contribution in [0.1, 0.15) is 39.2 Å². The number of anilines is 2. The van der Waals surface area contributed by atoms with Gasteiger partial charge in [0.25, 0.3) is 0 Å². The molecule has 7 atom stereocenters. The molecule has 5 rings (SSSR count). The van der Waals surface area contributed by atoms with Crippen LogP contribution in [0.2, 0.25) is 0 Å². The van der Waals surface area contributed by atoms with Gasteiger partial charge in [-0.1, -0.05) is 53.2 Å². The predicted molar refractivity (Wildman–Crippen MR) is 161 cm³/mol. The van der Waals surface area contributed by atoms with E-state index in [0.29, 0.717) is 25.1 Å². The Kier molecular flexibility index (Phi) is 8.73. The summed E-state index contributed by atoms with van der Waals surface area (Å²) in [5.41, 5.74) is 1.43. The van der Waals surface area contributed by atoms with Gasteiger partial charge in [0.15, 0.2) is 0 Å². The summed E-state index contributed by atoms with van der Waals surface area (Å²) in [5, 5.41) is 16.2. The third-order valence-corrected chi connectivity index (χ3v) is 9.77. The van der Waals surface area contributed by atoms with Gasteiger partial charge in [-0.2, -0.15) is 0 Å². The lowest BCUT2D eigenvalue weighted by atomic mass is 9.70. The molecule has 3 unspecified atom stereocenters. The highest BCUT2D eigenvalue weighted by molar-refractivity contribution is 9.09. The highest BCUT2D eigenvalue weighted by Crippen LogP contribution is 2.60. The molecule has 2 aromatic rings. The Hall–Kier alpha value is -2.95. The molecule has 1 spiro atoms. The Balaban J connectivity index is 1.44. The summed E-state index contributed by atoms with van der Waals surface area (Å²) in [6.45, 7) is 7.84. The number of hydrogen-bond acceptors (Lipinski definition) is 6. The summed E-state index contributed by atoms with van der Waals surface area (Å²) >= 11 is 3.70. The van der Waals surface area contributed by atoms with E-state index < -0.39 is 35.6 Å². The molecule has 10 heteroatoms. The first-order valence-electron chi connectivity index (χ1n) is 14.5. The third kappa shape index (κ3) is 5.15. The van der Waals surface area contributed by atoms with Gasteiger partial charge in [-0.15, -0.1) is 0 Å². The molecule has 0 aliphatic carbocycles. The van der Waals surface area contributed by atoms with Crippen LogP contribution in [0.15, 0.2) is 54.6 Å². The van der Waals surface area contributed by atoms with E-state index in [1.54, 1.807) is 0 Å². The second-order valence-electron chi connectivity index (χ2n) is 11.1. The van der Waals surface area contributed by atoms with E-state index in [0.717, 1.165) is 24.3 Å². The van der Waals surface area contributed by atoms with E-state index in [1.165, 1.54) is 4.90 Å². The van der Waals surface area contributed by atoms with Gasteiger partial charge < -0.3 is 30.3 Å². The van der Waals surface area contributed by atoms with Crippen molar-refractivity contribution in [3.8, 4) is 0 Å². The fourth-order valence-corrected chi connectivity index (χ4v) is 7.87. The van der Waals surface area contributed by atoms with Crippen LogP contribution < -0.4 is 15.5 Å². The lowest BCUT2D eigenvalue weighted by Gasteiger charge is -2.36. The minimum atomic E-state index is -1.18. The summed E-state index contributed by atoms with van der Waals surface area (Å²) in [6.07, 6.45) is 0.326. The zero-order chi connectivity index (χ0) is 29.3. The number of alkyl halides is 1. The first-order valence-corrected chi connectivity index (χ1v) is 15.4. The molecule has 2 bridgehead atoms. The molecule has 0 radical (unpaired) electrons. The summed E-state index contributed by atoms with van der Waals surface area (Å²) < 4.78 is 6.55. The second kappa shape index (κ2) is 12.1. The van der Waals surface area contributed by atoms with E-state index in [4.69, 9.17) is 4.74 Å². The number of carbonyl (C=O) groups excluding carboxylic acids is 3. The zero-order valence-electron chi connectivity index (χ0n) is 23.8. The molecule has 3 amide bonds. The molecular formula is C31H39BrN4O5. The number of amides is 3. The molecule has 0 aromatic heterocycles. The van der Waals surface area contributed by atoms with Crippen molar-refractivity contribution in [2.75, 3.05) is 29.9 Å². The molecule has 41 heavy (non-hydrogen) atoms. The van der Waals surface area contributed by atoms with Crippen molar-refractivity contribution in [2.45, 2.75) is 68.8 Å². The van der Waals surface area contributed by atoms with Crippen LogP contribution in [0.4, 0.5) is 11.4 Å². The van der Waals surface area contributed by atoms with Crippen LogP contribution in [0.25, 0.3) is 0 Å². The Morgan fingerprint density at radius 3 is 2.39 bits per heavy atom. The summed E-state index contributed by atoms with van der Waals surface area (Å²) in [5.74, 6) is -2.54. The van der Waals surface area contributed by atoms with Crippen LogP contribution in [-0.2, 0) is 25.7 Å². The minimum absolute atomic E-state index is 0.197. The van der Waals surface area contributed by atoms with Crippen molar-refractivity contribution < 1.29 is 24.2 Å². The molecule has 220 valence electrons. The van der Waals surface area contributed by atoms with Crippen LogP contribution in [-0.4, -0.2) is 76.0 Å². The maximum atomic E-state index is 14.1. The van der Waals surface area contributed by atoms with Crippen LogP contribution in [0.3, 0.4) is 0 Å². The van der Waals surface area contributed by atoms with E-state index in [-0.39, 0.29) is 29.2 Å². The Morgan fingerprint density at radius 2 is 1.78 bits per heavy atom. The van der Waals surface area contributed by atoms with E-state index in [2.05, 4.69) is 45.3 Å². The van der Waals surface area contributed by atoms with Gasteiger partial charge >= 0.3 is 0 Å². The molecule has 3 aliphatic heterocycles. The average molecular weight is 628 g/mol. The molecule has 3 heterocycles. The Bertz CT molecular complexity index is 1250. The lowest BCUT2D eigenvalue weighted by Crippen LogP contribution is -2.56. The molecule has 9 nitrogen and oxygen atoms in total. The topological polar surface area (TPSA) is 111 Å². The number of aliphatic hydroxyl groups is 1. The Labute approximate surface area is 249 Å². The number of nitrogens with zero attached hydrogens (tertiary/aromatic N) is 2. The number of aliphatic hydroxyl groups excluding tert-OH is 1. The van der Waals surface area contributed by atoms with Gasteiger partial charge in [0.1, 0.15) is 11.6 Å². The molecule has 3 N–H and O–H groups in total. The SMILES string of the molecule is CC[C@@H](CO)N1C(=O)[C@@H]2[C@H](C(=O)NCc3ccccc3)[C@H]3OC2(CC3Br)C1C(=O)Nc1ccc(N(CC)CC)cc1. The van der Waals surface area contributed by atoms with Gasteiger partial charge in [0, 0.05) is 35.8 Å². The van der Waals surface area contributed by atoms with Gasteiger partial charge in [-0.05, 0) is 56.5 Å². The smallest absolute Gasteiger partial charge is 0.250 e. The number of benzene rings is 2. The molecule has 3 fully saturated rings. The summed E-state index contributed by atoms with van der Waals surface area (Å²) in [6, 6.07) is 15.6. The van der Waals surface area contributed by atoms with Crippen LogP contribution in [0.5, 0.6) is 0 Å². The van der Waals surface area contributed by atoms with Crippen molar-refractivity contribution in [1.82, 2.24) is 10.2 Å². The van der Waals surface area contributed by atoms with Gasteiger partial charge in [0.05, 0.1) is 30.6 Å². The van der Waals surface area contributed by atoms with Crippen LogP contribution in [0, 0.1) is 11.8 Å². The number of ether oxygens (including phenoxy) is 1. The van der Waals surface area contributed by atoms with Crippen molar-refractivity contribution in [3.05, 3.63) is 60.2 Å². The third-order valence-electron chi connectivity index (χ3n) is 8.93. The number of likely N-dealkylation sites (tertiary alicyclic amines) is 1. The monoisotopic (exact) mass is 626 g/mol. The maximum absolute atomic E-state index is 14.1. The average Bonchev–Trinajstić information content (AvgIpc) is 3.58. The van der Waals surface area contributed by atoms with E-state index in [1.807, 2.05) is 61.5 Å². The van der Waals surface area contributed by atoms with Gasteiger partial charge in [-0.25, -0.2) is 0 Å². The number of halogens is 1. The summed E-state index contributed by atoms with van der Waals surface area (Å²) in [4.78, 5) is 45.3. The van der Waals surface area contributed by atoms with E-state index in [9.17, 15) is 19.5 Å². The zero-order valence-corrected chi connectivity index (χ0v) is 25.3. The fourth-order valence-electron chi connectivity index (χ4n) is 6.93. The number of rotatable bonds is 11. The van der Waals surface area contributed by atoms with Crippen molar-refractivity contribution in [1.29, 1.82) is 0 Å². The maximum Gasteiger partial charge on any atom is 0.250 e. The Morgan fingerprint density at radius 1 is 1.10 bits per heavy atom. The normalized spacial score (nSPS) is 28.9. The molecule has 3 aliphatic rings. The van der Waals surface area contributed by atoms with Crippen molar-refractivity contribution in [3.63, 3.8) is 0 Å². The van der Waals surface area contributed by atoms with Gasteiger partial charge in [0.2, 0.25) is 17.7 Å². The highest BCUT2D eigenvalue weighted by Gasteiger charge is 2.77. The van der Waals surface area contributed by atoms with Crippen molar-refractivity contribution >= 4 is 45.0 Å². The predicted octanol–water partition coefficient (Wildman–Crippen LogP) is 3.31. The first-order chi connectivity index (χ1) is 19.8. The quantitative estimate of drug-likeness (QED) is 0.330. The number of nitrogens with one attached hydrogen (secondary N) is 2. The van der Waals surface area contributed by atoms with Gasteiger partial charge in [-0.3, -0.25) is 14.4 Å². The molecular weight excluding hydrogens is 588 g/mol. The van der Waals surface area contributed by atoms with Crippen LogP contribution >= 0.6 is 15.9 Å². The largest absolute Gasteiger partial charge is 0.394 e.